The number of imidazole rings is 1. The highest BCUT2D eigenvalue weighted by Crippen LogP contribution is 2.53. The average molecular weight is 622 g/mol. The van der Waals surface area contributed by atoms with Crippen LogP contribution in [-0.4, -0.2) is 55.5 Å². The summed E-state index contributed by atoms with van der Waals surface area (Å²) in [7, 11) is 0. The number of likely N-dealkylation sites (tertiary alicyclic amines) is 1. The predicted octanol–water partition coefficient (Wildman–Crippen LogP) is 7.83. The van der Waals surface area contributed by atoms with Crippen molar-refractivity contribution in [2.45, 2.75) is 109 Å². The summed E-state index contributed by atoms with van der Waals surface area (Å²) in [5.74, 6) is 0.421. The summed E-state index contributed by atoms with van der Waals surface area (Å²) in [6.07, 6.45) is 14.3. The number of carbonyl (C=O) groups is 1. The van der Waals surface area contributed by atoms with Gasteiger partial charge in [-0.3, -0.25) is 9.78 Å². The SMILES string of the molecule is Cc1cc(Nc2nc(-c3ccc4c(c3)N(C3CC(N5CCCCC5)C3)C(=O)C43CCCCC3)cc3ncn(C(C)C)c23)c(F)cn1. The van der Waals surface area contributed by atoms with Crippen molar-refractivity contribution in [1.82, 2.24) is 24.4 Å². The topological polar surface area (TPSA) is 79.2 Å². The minimum Gasteiger partial charge on any atom is -0.336 e. The first-order chi connectivity index (χ1) is 22.3. The zero-order chi connectivity index (χ0) is 31.6. The van der Waals surface area contributed by atoms with Gasteiger partial charge in [0.25, 0.3) is 0 Å². The molecule has 0 unspecified atom stereocenters. The Balaban J connectivity index is 1.20. The predicted molar refractivity (Wildman–Crippen MR) is 180 cm³/mol. The van der Waals surface area contributed by atoms with Gasteiger partial charge in [-0.25, -0.2) is 14.4 Å². The van der Waals surface area contributed by atoms with Crippen LogP contribution in [0.2, 0.25) is 0 Å². The van der Waals surface area contributed by atoms with Gasteiger partial charge >= 0.3 is 0 Å². The van der Waals surface area contributed by atoms with Crippen LogP contribution in [0.25, 0.3) is 22.3 Å². The van der Waals surface area contributed by atoms with E-state index in [2.05, 4.69) is 56.7 Å². The molecule has 1 N–H and O–H groups in total. The highest BCUT2D eigenvalue weighted by atomic mass is 19.1. The van der Waals surface area contributed by atoms with Crippen molar-refractivity contribution in [3.63, 3.8) is 0 Å². The summed E-state index contributed by atoms with van der Waals surface area (Å²) in [5, 5.41) is 3.28. The largest absolute Gasteiger partial charge is 0.336 e. The number of benzene rings is 1. The lowest BCUT2D eigenvalue weighted by Gasteiger charge is -2.48. The van der Waals surface area contributed by atoms with Crippen molar-refractivity contribution >= 4 is 34.1 Å². The number of pyridine rings is 2. The van der Waals surface area contributed by atoms with Crippen LogP contribution in [0.1, 0.15) is 95.4 Å². The molecule has 1 saturated heterocycles. The Labute approximate surface area is 270 Å². The summed E-state index contributed by atoms with van der Waals surface area (Å²) in [6.45, 7) is 8.42. The molecule has 2 aliphatic carbocycles. The van der Waals surface area contributed by atoms with E-state index in [1.165, 1.54) is 50.5 Å². The van der Waals surface area contributed by atoms with E-state index in [0.717, 1.165) is 66.5 Å². The summed E-state index contributed by atoms with van der Waals surface area (Å²) in [4.78, 5) is 33.3. The Bertz CT molecular complexity index is 1800. The smallest absolute Gasteiger partial charge is 0.237 e. The van der Waals surface area contributed by atoms with E-state index in [9.17, 15) is 9.18 Å². The Hall–Kier alpha value is -3.85. The lowest BCUT2D eigenvalue weighted by molar-refractivity contribution is -0.125. The van der Waals surface area contributed by atoms with Crippen LogP contribution in [0.5, 0.6) is 0 Å². The van der Waals surface area contributed by atoms with Gasteiger partial charge in [0, 0.05) is 35.1 Å². The molecular formula is C37H44FN7O. The van der Waals surface area contributed by atoms with Crippen LogP contribution in [0.4, 0.5) is 21.6 Å². The first-order valence-corrected chi connectivity index (χ1v) is 17.3. The van der Waals surface area contributed by atoms with E-state index in [-0.39, 0.29) is 12.1 Å². The van der Waals surface area contributed by atoms with Crippen LogP contribution in [0, 0.1) is 12.7 Å². The van der Waals surface area contributed by atoms with Crippen molar-refractivity contribution in [3.05, 3.63) is 59.9 Å². The number of anilines is 3. The van der Waals surface area contributed by atoms with Crippen molar-refractivity contribution in [2.24, 2.45) is 0 Å². The number of aromatic nitrogens is 4. The van der Waals surface area contributed by atoms with Gasteiger partial charge in [-0.05, 0) is 96.1 Å². The molecule has 5 heterocycles. The standard InChI is InChI=1S/C37H44FN7O/c1-23(2)44-22-40-32-20-30(41-35(34(32)44)42-31-16-24(3)39-21-29(31)38)25-10-11-28-33(17-25)45(36(46)37(28)12-6-4-7-13-37)27-18-26(19-27)43-14-8-5-9-15-43/h10-11,16-17,20-23,26-27H,4-9,12-15,18-19H2,1-3H3,(H,39,41,42). The fraction of sp³-hybridized carbons (Fsp3) is 0.514. The third-order valence-corrected chi connectivity index (χ3v) is 11.1. The molecule has 3 aromatic heterocycles. The molecule has 0 atom stereocenters. The summed E-state index contributed by atoms with van der Waals surface area (Å²) in [6, 6.07) is 11.2. The van der Waals surface area contributed by atoms with Gasteiger partial charge in [-0.15, -0.1) is 0 Å². The Morgan fingerprint density at radius 3 is 2.48 bits per heavy atom. The zero-order valence-corrected chi connectivity index (χ0v) is 27.2. The average Bonchev–Trinajstić information content (AvgIpc) is 3.57. The summed E-state index contributed by atoms with van der Waals surface area (Å²) >= 11 is 0. The number of nitrogens with zero attached hydrogens (tertiary/aromatic N) is 6. The number of hydrogen-bond acceptors (Lipinski definition) is 6. The fourth-order valence-corrected chi connectivity index (χ4v) is 8.56. The van der Waals surface area contributed by atoms with Crippen LogP contribution in [-0.2, 0) is 10.2 Å². The second-order valence-electron chi connectivity index (χ2n) is 14.3. The number of aryl methyl sites for hydroxylation is 1. The number of fused-ring (bicyclic) bond motifs is 3. The molecule has 2 aliphatic heterocycles. The van der Waals surface area contributed by atoms with Gasteiger partial charge in [0.2, 0.25) is 5.91 Å². The Morgan fingerprint density at radius 1 is 0.957 bits per heavy atom. The van der Waals surface area contributed by atoms with Crippen LogP contribution in [0.3, 0.4) is 0 Å². The molecule has 0 bridgehead atoms. The molecule has 4 aromatic rings. The van der Waals surface area contributed by atoms with Gasteiger partial charge in [-0.2, -0.15) is 0 Å². The molecule has 1 aromatic carbocycles. The molecule has 9 heteroatoms. The molecule has 3 fully saturated rings. The number of amides is 1. The molecule has 0 radical (unpaired) electrons. The van der Waals surface area contributed by atoms with Gasteiger partial charge in [-0.1, -0.05) is 37.8 Å². The monoisotopic (exact) mass is 621 g/mol. The Morgan fingerprint density at radius 2 is 1.72 bits per heavy atom. The van der Waals surface area contributed by atoms with Gasteiger partial charge in [0.05, 0.1) is 34.8 Å². The third kappa shape index (κ3) is 4.81. The maximum absolute atomic E-state index is 14.9. The van der Waals surface area contributed by atoms with E-state index in [0.29, 0.717) is 29.1 Å². The maximum Gasteiger partial charge on any atom is 0.237 e. The van der Waals surface area contributed by atoms with E-state index >= 15 is 0 Å². The van der Waals surface area contributed by atoms with E-state index in [1.807, 2.05) is 19.3 Å². The van der Waals surface area contributed by atoms with Gasteiger partial charge in [0.1, 0.15) is 5.52 Å². The van der Waals surface area contributed by atoms with Crippen molar-refractivity contribution in [3.8, 4) is 11.3 Å². The van der Waals surface area contributed by atoms with Crippen LogP contribution >= 0.6 is 0 Å². The molecule has 1 amide bonds. The first kappa shape index (κ1) is 29.5. The number of rotatable bonds is 6. The third-order valence-electron chi connectivity index (χ3n) is 11.1. The molecule has 8 nitrogen and oxygen atoms in total. The highest BCUT2D eigenvalue weighted by molar-refractivity contribution is 6.09. The van der Waals surface area contributed by atoms with Gasteiger partial charge < -0.3 is 19.7 Å². The quantitative estimate of drug-likeness (QED) is 0.236. The molecule has 46 heavy (non-hydrogen) atoms. The zero-order valence-electron chi connectivity index (χ0n) is 27.2. The first-order valence-electron chi connectivity index (χ1n) is 17.3. The van der Waals surface area contributed by atoms with Crippen molar-refractivity contribution in [1.29, 1.82) is 0 Å². The normalized spacial score (nSPS) is 22.9. The van der Waals surface area contributed by atoms with E-state index in [1.54, 1.807) is 6.07 Å². The van der Waals surface area contributed by atoms with E-state index in [4.69, 9.17) is 9.97 Å². The minimum absolute atomic E-state index is 0.143. The van der Waals surface area contributed by atoms with E-state index < -0.39 is 11.2 Å². The fourth-order valence-electron chi connectivity index (χ4n) is 8.56. The van der Waals surface area contributed by atoms with Crippen LogP contribution < -0.4 is 10.2 Å². The molecular weight excluding hydrogens is 577 g/mol. The number of carbonyl (C=O) groups excluding carboxylic acids is 1. The number of halogens is 1. The van der Waals surface area contributed by atoms with Crippen LogP contribution in [0.15, 0.2) is 42.9 Å². The lowest BCUT2D eigenvalue weighted by atomic mass is 9.70. The second-order valence-corrected chi connectivity index (χ2v) is 14.3. The van der Waals surface area contributed by atoms with Crippen molar-refractivity contribution in [2.75, 3.05) is 23.3 Å². The minimum atomic E-state index is -0.436. The maximum atomic E-state index is 14.9. The number of hydrogen-bond donors (Lipinski definition) is 1. The lowest BCUT2D eigenvalue weighted by Crippen LogP contribution is -2.57. The number of nitrogens with one attached hydrogen (secondary N) is 1. The summed E-state index contributed by atoms with van der Waals surface area (Å²) < 4.78 is 17.0. The summed E-state index contributed by atoms with van der Waals surface area (Å²) in [5.41, 5.74) is 6.19. The molecule has 240 valence electrons. The molecule has 8 rings (SSSR count). The second kappa shape index (κ2) is 11.4. The molecule has 4 aliphatic rings. The molecule has 1 spiro atoms. The van der Waals surface area contributed by atoms with Gasteiger partial charge in [0.15, 0.2) is 11.6 Å². The molecule has 2 saturated carbocycles. The number of piperidine rings is 1. The van der Waals surface area contributed by atoms with Crippen molar-refractivity contribution < 1.29 is 9.18 Å². The highest BCUT2D eigenvalue weighted by Gasteiger charge is 2.54. The Kier molecular flexibility index (Phi) is 7.35.